The molecule has 4 aromatic carbocycles. The highest BCUT2D eigenvalue weighted by Crippen LogP contribution is 2.62. The smallest absolute Gasteiger partial charge is 0.238 e. The van der Waals surface area contributed by atoms with Crippen LogP contribution in [-0.4, -0.2) is 42.1 Å². The minimum atomic E-state index is -1.39. The molecule has 1 saturated heterocycles. The van der Waals surface area contributed by atoms with E-state index in [0.29, 0.717) is 40.5 Å². The number of nitrogens with one attached hydrogen (secondary N) is 1. The van der Waals surface area contributed by atoms with Gasteiger partial charge in [0.15, 0.2) is 11.6 Å². The average molecular weight is 585 g/mol. The molecule has 44 heavy (non-hydrogen) atoms. The first-order valence-corrected chi connectivity index (χ1v) is 14.9. The Kier molecular flexibility index (Phi) is 6.81. The van der Waals surface area contributed by atoms with Gasteiger partial charge in [-0.3, -0.25) is 14.4 Å². The molecule has 0 unspecified atom stereocenters. The topological polar surface area (TPSA) is 84.9 Å². The van der Waals surface area contributed by atoms with Crippen LogP contribution in [0.2, 0.25) is 0 Å². The van der Waals surface area contributed by atoms with Crippen LogP contribution in [0.3, 0.4) is 0 Å². The first-order valence-electron chi connectivity index (χ1n) is 14.9. The second-order valence-electron chi connectivity index (χ2n) is 11.4. The van der Waals surface area contributed by atoms with Crippen LogP contribution in [0.5, 0.6) is 11.5 Å². The maximum absolute atomic E-state index is 15.0. The Morgan fingerprint density at radius 1 is 0.886 bits per heavy atom. The van der Waals surface area contributed by atoms with Crippen molar-refractivity contribution >= 4 is 29.2 Å². The third-order valence-electron chi connectivity index (χ3n) is 9.11. The van der Waals surface area contributed by atoms with Gasteiger partial charge in [0.2, 0.25) is 5.91 Å². The van der Waals surface area contributed by atoms with Gasteiger partial charge in [-0.05, 0) is 71.7 Å². The van der Waals surface area contributed by atoms with Crippen LogP contribution < -0.4 is 14.8 Å². The largest absolute Gasteiger partial charge is 0.497 e. The van der Waals surface area contributed by atoms with Crippen LogP contribution in [0.15, 0.2) is 103 Å². The summed E-state index contributed by atoms with van der Waals surface area (Å²) in [6.45, 7) is 2.45. The molecular formula is C37H32N2O5. The highest BCUT2D eigenvalue weighted by atomic mass is 16.5. The summed E-state index contributed by atoms with van der Waals surface area (Å²) in [7, 11) is 1.57. The fourth-order valence-electron chi connectivity index (χ4n) is 7.27. The average Bonchev–Trinajstić information content (AvgIpc) is 3.55. The summed E-state index contributed by atoms with van der Waals surface area (Å²) in [5.74, 6) is -0.846. The summed E-state index contributed by atoms with van der Waals surface area (Å²) < 4.78 is 11.4. The van der Waals surface area contributed by atoms with Crippen molar-refractivity contribution in [2.45, 2.75) is 30.8 Å². The molecule has 7 heteroatoms. The maximum atomic E-state index is 15.0. The van der Waals surface area contributed by atoms with Crippen molar-refractivity contribution in [2.75, 3.05) is 19.0 Å². The van der Waals surface area contributed by atoms with Crippen LogP contribution in [0, 0.1) is 5.92 Å². The molecule has 1 spiro atoms. The van der Waals surface area contributed by atoms with E-state index in [4.69, 9.17) is 9.47 Å². The van der Waals surface area contributed by atoms with E-state index in [9.17, 15) is 14.4 Å². The van der Waals surface area contributed by atoms with E-state index < -0.39 is 23.4 Å². The van der Waals surface area contributed by atoms with Crippen molar-refractivity contribution in [1.82, 2.24) is 4.90 Å². The van der Waals surface area contributed by atoms with Crippen LogP contribution in [-0.2, 0) is 10.2 Å². The van der Waals surface area contributed by atoms with Gasteiger partial charge >= 0.3 is 0 Å². The van der Waals surface area contributed by atoms with Gasteiger partial charge in [-0.2, -0.15) is 0 Å². The van der Waals surface area contributed by atoms with E-state index in [1.807, 2.05) is 78.7 Å². The molecule has 4 aromatic rings. The van der Waals surface area contributed by atoms with Gasteiger partial charge < -0.3 is 19.7 Å². The number of hydrogen-bond donors (Lipinski definition) is 1. The number of methoxy groups -OCH3 is 1. The van der Waals surface area contributed by atoms with Crippen molar-refractivity contribution in [3.05, 3.63) is 131 Å². The molecule has 0 aromatic heterocycles. The lowest BCUT2D eigenvalue weighted by atomic mass is 9.62. The standard InChI is InChI=1S/C37H32N2O5/c1-3-22-44-30-15-9-6-12-27(30)34(41)32-31(33(40)24-16-18-25(43-2)19-17-24)37(28-13-7-8-14-29(28)38-36(37)42)35-26-11-5-4-10-23(26)20-21-39(32)35/h4-21,31-32,35H,3,22H2,1-2H3,(H,38,42)/t31-,32+,35-,37+/m1/s1. The molecule has 0 saturated carbocycles. The number of amides is 1. The van der Waals surface area contributed by atoms with Gasteiger partial charge in [-0.1, -0.05) is 61.5 Å². The Bertz CT molecular complexity index is 1810. The minimum Gasteiger partial charge on any atom is -0.497 e. The molecule has 0 aliphatic carbocycles. The minimum absolute atomic E-state index is 0.272. The fraction of sp³-hybridized carbons (Fsp3) is 0.216. The number of rotatable bonds is 8. The molecule has 4 atom stereocenters. The summed E-state index contributed by atoms with van der Waals surface area (Å²) in [5, 5.41) is 3.09. The van der Waals surface area contributed by atoms with Crippen molar-refractivity contribution in [3.63, 3.8) is 0 Å². The SMILES string of the molecule is CCCOc1ccccc1C(=O)[C@@H]1[C@H](C(=O)c2ccc(OC)cc2)[C@]2(C(=O)Nc3ccccc32)[C@H]2c3ccccc3C=CN12. The predicted molar refractivity (Wildman–Crippen MR) is 168 cm³/mol. The molecule has 3 aliphatic rings. The third-order valence-corrected chi connectivity index (χ3v) is 9.11. The van der Waals surface area contributed by atoms with Crippen LogP contribution in [0.4, 0.5) is 5.69 Å². The number of carbonyl (C=O) groups excluding carboxylic acids is 3. The Balaban J connectivity index is 1.50. The Labute approximate surface area is 256 Å². The van der Waals surface area contributed by atoms with Gasteiger partial charge in [0, 0.05) is 17.5 Å². The third kappa shape index (κ3) is 3.99. The van der Waals surface area contributed by atoms with E-state index in [0.717, 1.165) is 17.5 Å². The lowest BCUT2D eigenvalue weighted by molar-refractivity contribution is -0.122. The quantitative estimate of drug-likeness (QED) is 0.239. The Hall–Kier alpha value is -5.17. The number of para-hydroxylation sites is 2. The molecule has 7 rings (SSSR count). The molecule has 1 amide bonds. The first-order chi connectivity index (χ1) is 21.5. The van der Waals surface area contributed by atoms with Crippen LogP contribution >= 0.6 is 0 Å². The molecule has 0 radical (unpaired) electrons. The number of ketones is 2. The van der Waals surface area contributed by atoms with Crippen molar-refractivity contribution in [1.29, 1.82) is 0 Å². The summed E-state index contributed by atoms with van der Waals surface area (Å²) in [6, 6.07) is 27.8. The zero-order chi connectivity index (χ0) is 30.4. The number of benzene rings is 4. The molecule has 3 heterocycles. The monoisotopic (exact) mass is 584 g/mol. The number of carbonyl (C=O) groups is 3. The van der Waals surface area contributed by atoms with Gasteiger partial charge in [-0.15, -0.1) is 0 Å². The summed E-state index contributed by atoms with van der Waals surface area (Å²) in [6.07, 6.45) is 4.61. The summed E-state index contributed by atoms with van der Waals surface area (Å²) in [4.78, 5) is 46.5. The van der Waals surface area contributed by atoms with Crippen molar-refractivity contribution < 1.29 is 23.9 Å². The van der Waals surface area contributed by atoms with Gasteiger partial charge in [0.05, 0.1) is 31.2 Å². The fourth-order valence-corrected chi connectivity index (χ4v) is 7.27. The summed E-state index contributed by atoms with van der Waals surface area (Å²) >= 11 is 0. The molecule has 0 bridgehead atoms. The normalized spacial score (nSPS) is 22.6. The number of anilines is 1. The number of nitrogens with zero attached hydrogens (tertiary/aromatic N) is 1. The van der Waals surface area contributed by atoms with Crippen molar-refractivity contribution in [2.24, 2.45) is 5.92 Å². The lowest BCUT2D eigenvalue weighted by Gasteiger charge is -2.38. The number of fused-ring (bicyclic) bond motifs is 6. The maximum Gasteiger partial charge on any atom is 0.238 e. The predicted octanol–water partition coefficient (Wildman–Crippen LogP) is 6.47. The Morgan fingerprint density at radius 2 is 1.61 bits per heavy atom. The molecule has 3 aliphatic heterocycles. The van der Waals surface area contributed by atoms with Crippen molar-refractivity contribution in [3.8, 4) is 11.5 Å². The number of hydrogen-bond acceptors (Lipinski definition) is 6. The molecule has 1 N–H and O–H groups in total. The van der Waals surface area contributed by atoms with Gasteiger partial charge in [0.1, 0.15) is 23.0 Å². The molecular weight excluding hydrogens is 552 g/mol. The van der Waals surface area contributed by atoms with Gasteiger partial charge in [-0.25, -0.2) is 0 Å². The molecule has 1 fully saturated rings. The van der Waals surface area contributed by atoms with E-state index in [1.165, 1.54) is 0 Å². The zero-order valence-electron chi connectivity index (χ0n) is 24.5. The number of ether oxygens (including phenoxy) is 2. The van der Waals surface area contributed by atoms with Crippen LogP contribution in [0.25, 0.3) is 6.08 Å². The zero-order valence-corrected chi connectivity index (χ0v) is 24.5. The van der Waals surface area contributed by atoms with Gasteiger partial charge in [0.25, 0.3) is 0 Å². The van der Waals surface area contributed by atoms with Crippen LogP contribution in [0.1, 0.15) is 56.8 Å². The highest BCUT2D eigenvalue weighted by Gasteiger charge is 2.70. The second kappa shape index (κ2) is 10.8. The molecule has 220 valence electrons. The lowest BCUT2D eigenvalue weighted by Crippen LogP contribution is -2.49. The van der Waals surface area contributed by atoms with E-state index in [1.54, 1.807) is 49.6 Å². The van der Waals surface area contributed by atoms with E-state index in [2.05, 4.69) is 5.32 Å². The molecule has 7 nitrogen and oxygen atoms in total. The summed E-state index contributed by atoms with van der Waals surface area (Å²) in [5.41, 5.74) is 2.58. The highest BCUT2D eigenvalue weighted by molar-refractivity contribution is 6.17. The second-order valence-corrected chi connectivity index (χ2v) is 11.4. The first kappa shape index (κ1) is 27.7. The Morgan fingerprint density at radius 3 is 2.41 bits per heavy atom. The number of Topliss-reactive ketones (excluding diaryl/α,β-unsaturated/α-hetero) is 2. The van der Waals surface area contributed by atoms with E-state index >= 15 is 0 Å². The van der Waals surface area contributed by atoms with E-state index in [-0.39, 0.29) is 17.5 Å².